The number of halogens is 3. The molecule has 0 bridgehead atoms. The zero-order valence-electron chi connectivity index (χ0n) is 22.6. The van der Waals surface area contributed by atoms with Gasteiger partial charge in [0.1, 0.15) is 23.6 Å². The normalized spacial score (nSPS) is 17.5. The van der Waals surface area contributed by atoms with Crippen molar-refractivity contribution in [3.8, 4) is 5.88 Å². The van der Waals surface area contributed by atoms with Crippen LogP contribution < -0.4 is 21.1 Å². The van der Waals surface area contributed by atoms with Crippen LogP contribution >= 0.6 is 0 Å². The largest absolute Gasteiger partial charge is 0.481 e. The predicted octanol–water partition coefficient (Wildman–Crippen LogP) is 3.46. The van der Waals surface area contributed by atoms with Crippen LogP contribution in [0.4, 0.5) is 18.9 Å². The van der Waals surface area contributed by atoms with Gasteiger partial charge in [0.2, 0.25) is 11.8 Å². The predicted molar refractivity (Wildman–Crippen MR) is 143 cm³/mol. The van der Waals surface area contributed by atoms with Crippen molar-refractivity contribution >= 4 is 23.2 Å². The molecule has 0 saturated heterocycles. The fraction of sp³-hybridized carbons (Fsp3) is 0.519. The Bertz CT molecular complexity index is 1260. The van der Waals surface area contributed by atoms with Crippen LogP contribution in [0, 0.1) is 23.6 Å². The van der Waals surface area contributed by atoms with E-state index in [-0.39, 0.29) is 34.8 Å². The van der Waals surface area contributed by atoms with Crippen molar-refractivity contribution in [3.05, 3.63) is 48.3 Å². The van der Waals surface area contributed by atoms with E-state index < -0.39 is 36.1 Å². The summed E-state index contributed by atoms with van der Waals surface area (Å²) in [6.45, 7) is 3.64. The van der Waals surface area contributed by atoms with Crippen molar-refractivity contribution < 1.29 is 27.5 Å². The first kappa shape index (κ1) is 29.1. The van der Waals surface area contributed by atoms with Crippen molar-refractivity contribution in [2.24, 2.45) is 28.5 Å². The summed E-state index contributed by atoms with van der Waals surface area (Å²) in [4.78, 5) is 34.8. The van der Waals surface area contributed by atoms with Gasteiger partial charge in [-0.05, 0) is 75.6 Å². The molecule has 0 aromatic carbocycles. The highest BCUT2D eigenvalue weighted by atomic mass is 19.3. The summed E-state index contributed by atoms with van der Waals surface area (Å²) in [6.07, 6.45) is 6.79. The molecule has 0 aliphatic heterocycles. The highest BCUT2D eigenvalue weighted by molar-refractivity contribution is 6.43. The van der Waals surface area contributed by atoms with Crippen molar-refractivity contribution in [2.75, 3.05) is 12.4 Å². The Balaban J connectivity index is 1.59. The fourth-order valence-corrected chi connectivity index (χ4v) is 4.98. The van der Waals surface area contributed by atoms with E-state index >= 15 is 0 Å². The number of aliphatic imine (C=N–C) groups is 1. The Kier molecular flexibility index (Phi) is 9.10. The molecule has 10 nitrogen and oxygen atoms in total. The third kappa shape index (κ3) is 6.99. The molecular formula is C27H34F3N7O3. The second kappa shape index (κ2) is 12.5. The highest BCUT2D eigenvalue weighted by Crippen LogP contribution is 2.51. The van der Waals surface area contributed by atoms with Crippen LogP contribution in [0.15, 0.2) is 41.9 Å². The maximum absolute atomic E-state index is 14.2. The van der Waals surface area contributed by atoms with Crippen molar-refractivity contribution in [3.63, 3.8) is 0 Å². The standard InChI is InChI=1S/C27H34F3N7O3/c1-14(2)34-20(8-9-31)25(38)36-22(21(15-4-5-15)16-6-7-16)26(39)35-18-12-33-37(13-18)23(24(29)30)19-10-17(28)11-32-27(19)40-3/h8-16,21-24H,4-7,31H2,1-3H3,(H,35,39)(H,36,38). The molecule has 2 atom stereocenters. The first-order chi connectivity index (χ1) is 19.1. The topological polar surface area (TPSA) is 137 Å². The molecule has 2 heterocycles. The molecule has 13 heteroatoms. The van der Waals surface area contributed by atoms with E-state index in [2.05, 4.69) is 25.7 Å². The summed E-state index contributed by atoms with van der Waals surface area (Å²) < 4.78 is 48.2. The van der Waals surface area contributed by atoms with Crippen LogP contribution in [0.2, 0.25) is 0 Å². The van der Waals surface area contributed by atoms with Crippen molar-refractivity contribution in [1.82, 2.24) is 20.1 Å². The summed E-state index contributed by atoms with van der Waals surface area (Å²) in [6, 6.07) is -1.86. The molecule has 2 aliphatic carbocycles. The van der Waals surface area contributed by atoms with Gasteiger partial charge in [-0.25, -0.2) is 18.2 Å². The number of aromatic nitrogens is 3. The Labute approximate surface area is 230 Å². The minimum atomic E-state index is -2.99. The number of nitrogens with one attached hydrogen (secondary N) is 2. The lowest BCUT2D eigenvalue weighted by Gasteiger charge is -2.27. The van der Waals surface area contributed by atoms with Gasteiger partial charge < -0.3 is 21.1 Å². The average molecular weight is 562 g/mol. The second-order valence-electron chi connectivity index (χ2n) is 10.4. The van der Waals surface area contributed by atoms with Crippen LogP contribution in [0.5, 0.6) is 5.88 Å². The molecule has 2 fully saturated rings. The summed E-state index contributed by atoms with van der Waals surface area (Å²) in [5.41, 5.74) is 5.56. The highest BCUT2D eigenvalue weighted by Gasteiger charge is 2.48. The zero-order valence-corrected chi connectivity index (χ0v) is 22.6. The lowest BCUT2D eigenvalue weighted by molar-refractivity contribution is -0.124. The van der Waals surface area contributed by atoms with Crippen LogP contribution in [-0.4, -0.2) is 57.9 Å². The van der Waals surface area contributed by atoms with Gasteiger partial charge in [0.25, 0.3) is 12.3 Å². The number of hydrogen-bond donors (Lipinski definition) is 3. The number of methoxy groups -OCH3 is 1. The summed E-state index contributed by atoms with van der Waals surface area (Å²) in [7, 11) is 1.24. The number of rotatable bonds is 13. The van der Waals surface area contributed by atoms with Crippen LogP contribution in [0.1, 0.15) is 51.1 Å². The molecule has 2 unspecified atom stereocenters. The van der Waals surface area contributed by atoms with E-state index in [9.17, 15) is 22.8 Å². The van der Waals surface area contributed by atoms with Gasteiger partial charge in [-0.15, -0.1) is 0 Å². The van der Waals surface area contributed by atoms with E-state index in [0.717, 1.165) is 42.6 Å². The maximum Gasteiger partial charge on any atom is 0.270 e. The number of ether oxygens (including phenoxy) is 1. The third-order valence-electron chi connectivity index (χ3n) is 6.92. The SMILES string of the molecule is COc1ncc(F)cc1C(C(F)F)n1cc(NC(=O)C(NC(=O)C(C=CN)=NC(C)C)C(C2CC2)C2CC2)cn1. The van der Waals surface area contributed by atoms with Crippen LogP contribution in [-0.2, 0) is 9.59 Å². The average Bonchev–Trinajstić information content (AvgIpc) is 3.83. The van der Waals surface area contributed by atoms with Crippen LogP contribution in [0.25, 0.3) is 0 Å². The summed E-state index contributed by atoms with van der Waals surface area (Å²) in [5, 5.41) is 9.59. The molecule has 4 N–H and O–H groups in total. The third-order valence-corrected chi connectivity index (χ3v) is 6.92. The summed E-state index contributed by atoms with van der Waals surface area (Å²) in [5.74, 6) is -1.46. The van der Waals surface area contributed by atoms with Gasteiger partial charge in [0.05, 0.1) is 25.2 Å². The molecule has 0 radical (unpaired) electrons. The van der Waals surface area contributed by atoms with E-state index in [0.29, 0.717) is 11.8 Å². The number of pyridine rings is 1. The van der Waals surface area contributed by atoms with Gasteiger partial charge >= 0.3 is 0 Å². The van der Waals surface area contributed by atoms with Gasteiger partial charge in [-0.1, -0.05) is 0 Å². The number of nitrogens with two attached hydrogens (primary N) is 1. The Hall–Kier alpha value is -3.90. The molecule has 40 heavy (non-hydrogen) atoms. The number of amides is 2. The lowest BCUT2D eigenvalue weighted by Crippen LogP contribution is -2.51. The summed E-state index contributed by atoms with van der Waals surface area (Å²) >= 11 is 0. The zero-order chi connectivity index (χ0) is 29.0. The Morgan fingerprint density at radius 3 is 2.42 bits per heavy atom. The first-order valence-corrected chi connectivity index (χ1v) is 13.2. The van der Waals surface area contributed by atoms with E-state index in [1.165, 1.54) is 31.8 Å². The monoisotopic (exact) mass is 561 g/mol. The molecule has 2 saturated carbocycles. The molecule has 2 amide bonds. The number of nitrogens with zero attached hydrogens (tertiary/aromatic N) is 4. The number of alkyl halides is 2. The smallest absolute Gasteiger partial charge is 0.270 e. The molecule has 2 aromatic rings. The number of carbonyl (C=O) groups is 2. The number of carbonyl (C=O) groups excluding carboxylic acids is 2. The van der Waals surface area contributed by atoms with Gasteiger partial charge in [0, 0.05) is 17.8 Å². The second-order valence-corrected chi connectivity index (χ2v) is 10.4. The number of hydrogen-bond acceptors (Lipinski definition) is 7. The number of anilines is 1. The minimum Gasteiger partial charge on any atom is -0.481 e. The fourth-order valence-electron chi connectivity index (χ4n) is 4.98. The lowest BCUT2D eigenvalue weighted by atomic mass is 9.88. The maximum atomic E-state index is 14.2. The van der Waals surface area contributed by atoms with Gasteiger partial charge in [-0.3, -0.25) is 19.3 Å². The minimum absolute atomic E-state index is 0.0717. The van der Waals surface area contributed by atoms with Gasteiger partial charge in [0.15, 0.2) is 0 Å². The Morgan fingerprint density at radius 2 is 1.88 bits per heavy atom. The molecule has 4 rings (SSSR count). The Morgan fingerprint density at radius 1 is 1.20 bits per heavy atom. The van der Waals surface area contributed by atoms with E-state index in [1.54, 1.807) is 0 Å². The molecule has 2 aromatic heterocycles. The molecule has 0 spiro atoms. The van der Waals surface area contributed by atoms with Gasteiger partial charge in [-0.2, -0.15) is 5.10 Å². The molecular weight excluding hydrogens is 527 g/mol. The molecule has 2 aliphatic rings. The van der Waals surface area contributed by atoms with Crippen LogP contribution in [0.3, 0.4) is 0 Å². The molecule has 216 valence electrons. The van der Waals surface area contributed by atoms with E-state index in [1.807, 2.05) is 13.8 Å². The van der Waals surface area contributed by atoms with Crippen molar-refractivity contribution in [2.45, 2.75) is 64.1 Å². The van der Waals surface area contributed by atoms with E-state index in [4.69, 9.17) is 10.5 Å². The first-order valence-electron chi connectivity index (χ1n) is 13.2. The quantitative estimate of drug-likeness (QED) is 0.321. The van der Waals surface area contributed by atoms with Crippen molar-refractivity contribution in [1.29, 1.82) is 0 Å².